The van der Waals surface area contributed by atoms with Gasteiger partial charge in [0.15, 0.2) is 0 Å². The summed E-state index contributed by atoms with van der Waals surface area (Å²) in [7, 11) is 0. The van der Waals surface area contributed by atoms with E-state index in [0.717, 1.165) is 24.0 Å². The number of H-pyrrole nitrogens is 1. The Morgan fingerprint density at radius 2 is 1.35 bits per heavy atom. The average Bonchev–Trinajstić information content (AvgIpc) is 3.11. The second-order valence-electron chi connectivity index (χ2n) is 6.56. The summed E-state index contributed by atoms with van der Waals surface area (Å²) in [6.45, 7) is 0.875. The van der Waals surface area contributed by atoms with Gasteiger partial charge in [-0.3, -0.25) is 0 Å². The van der Waals surface area contributed by atoms with Gasteiger partial charge >= 0.3 is 0 Å². The number of rotatable bonds is 4. The third-order valence-corrected chi connectivity index (χ3v) is 4.96. The van der Waals surface area contributed by atoms with Crippen LogP contribution >= 0.6 is 0 Å². The molecule has 0 spiro atoms. The summed E-state index contributed by atoms with van der Waals surface area (Å²) < 4.78 is 0. The van der Waals surface area contributed by atoms with Crippen LogP contribution in [0.1, 0.15) is 5.56 Å². The maximum atomic E-state index is 4.79. The lowest BCUT2D eigenvalue weighted by Gasteiger charge is -2.13. The van der Waals surface area contributed by atoms with Gasteiger partial charge in [-0.1, -0.05) is 54.6 Å². The molecule has 26 heavy (non-hydrogen) atoms. The number of nitrogens with zero attached hydrogens (tertiary/aromatic N) is 1. The molecule has 3 aromatic carbocycles. The molecule has 0 fully saturated rings. The maximum Gasteiger partial charge on any atom is 0.0730 e. The fourth-order valence-corrected chi connectivity index (χ4v) is 3.69. The van der Waals surface area contributed by atoms with E-state index in [9.17, 15) is 0 Å². The van der Waals surface area contributed by atoms with Gasteiger partial charge in [0.25, 0.3) is 0 Å². The number of hydrogen-bond acceptors (Lipinski definition) is 2. The largest absolute Gasteiger partial charge is 0.384 e. The van der Waals surface area contributed by atoms with Gasteiger partial charge in [0.2, 0.25) is 0 Å². The van der Waals surface area contributed by atoms with Crippen LogP contribution in [0.3, 0.4) is 0 Å². The standard InChI is InChI=1S/C23H19N3/c1-4-10-20-17(7-1)16(15-25-20)13-14-24-23-18-8-2-5-11-21(18)26-22-12-6-3-9-19(22)23/h1-12,15,25H,13-14H2,(H,24,26). The van der Waals surface area contributed by atoms with Crippen LogP contribution in [0, 0.1) is 0 Å². The molecule has 3 nitrogen and oxygen atoms in total. The lowest BCUT2D eigenvalue weighted by molar-refractivity contribution is 1.03. The van der Waals surface area contributed by atoms with Crippen LogP contribution in [-0.2, 0) is 6.42 Å². The molecule has 0 aliphatic rings. The molecule has 5 rings (SSSR count). The number of anilines is 1. The molecule has 0 radical (unpaired) electrons. The molecule has 5 aromatic rings. The number of aromatic amines is 1. The number of fused-ring (bicyclic) bond motifs is 3. The van der Waals surface area contributed by atoms with E-state index < -0.39 is 0 Å². The van der Waals surface area contributed by atoms with Crippen molar-refractivity contribution < 1.29 is 0 Å². The first kappa shape index (κ1) is 15.0. The minimum absolute atomic E-state index is 0.875. The predicted molar refractivity (Wildman–Crippen MR) is 110 cm³/mol. The van der Waals surface area contributed by atoms with Gasteiger partial charge in [-0.2, -0.15) is 0 Å². The van der Waals surface area contributed by atoms with E-state index in [0.29, 0.717) is 0 Å². The van der Waals surface area contributed by atoms with Gasteiger partial charge in [0, 0.05) is 34.4 Å². The molecule has 0 bridgehead atoms. The lowest BCUT2D eigenvalue weighted by Crippen LogP contribution is -2.06. The van der Waals surface area contributed by atoms with Crippen molar-refractivity contribution in [3.63, 3.8) is 0 Å². The fourth-order valence-electron chi connectivity index (χ4n) is 3.69. The number of nitrogens with one attached hydrogen (secondary N) is 2. The average molecular weight is 337 g/mol. The third kappa shape index (κ3) is 2.49. The summed E-state index contributed by atoms with van der Waals surface area (Å²) >= 11 is 0. The molecule has 0 amide bonds. The highest BCUT2D eigenvalue weighted by Crippen LogP contribution is 2.30. The normalized spacial score (nSPS) is 11.4. The first-order chi connectivity index (χ1) is 12.9. The zero-order valence-corrected chi connectivity index (χ0v) is 14.4. The van der Waals surface area contributed by atoms with Crippen LogP contribution < -0.4 is 5.32 Å². The molecule has 2 heterocycles. The smallest absolute Gasteiger partial charge is 0.0730 e. The summed E-state index contributed by atoms with van der Waals surface area (Å²) in [5, 5.41) is 7.33. The van der Waals surface area contributed by atoms with Crippen LogP contribution in [0.2, 0.25) is 0 Å². The molecule has 0 atom stereocenters. The van der Waals surface area contributed by atoms with Crippen molar-refractivity contribution in [2.45, 2.75) is 6.42 Å². The summed E-state index contributed by atoms with van der Waals surface area (Å²) in [5.41, 5.74) is 5.77. The van der Waals surface area contributed by atoms with Crippen molar-refractivity contribution in [3.05, 3.63) is 84.6 Å². The summed E-state index contributed by atoms with van der Waals surface area (Å²) in [6.07, 6.45) is 3.09. The number of pyridine rings is 1. The minimum atomic E-state index is 0.875. The Kier molecular flexibility index (Phi) is 3.56. The van der Waals surface area contributed by atoms with E-state index >= 15 is 0 Å². The number of benzene rings is 3. The molecular weight excluding hydrogens is 318 g/mol. The molecule has 0 saturated carbocycles. The Labute approximate surface area is 151 Å². The first-order valence-corrected chi connectivity index (χ1v) is 8.96. The van der Waals surface area contributed by atoms with Crippen LogP contribution in [0.15, 0.2) is 79.0 Å². The molecule has 2 aromatic heterocycles. The van der Waals surface area contributed by atoms with Gasteiger partial charge in [-0.25, -0.2) is 4.98 Å². The van der Waals surface area contributed by atoms with Gasteiger partial charge in [-0.05, 0) is 30.2 Å². The van der Waals surface area contributed by atoms with E-state index in [-0.39, 0.29) is 0 Å². The molecule has 3 heteroatoms. The van der Waals surface area contributed by atoms with E-state index in [1.807, 2.05) is 12.1 Å². The lowest BCUT2D eigenvalue weighted by atomic mass is 10.1. The molecule has 0 aliphatic heterocycles. The van der Waals surface area contributed by atoms with Crippen molar-refractivity contribution in [2.24, 2.45) is 0 Å². The number of hydrogen-bond donors (Lipinski definition) is 2. The monoisotopic (exact) mass is 337 g/mol. The highest BCUT2D eigenvalue weighted by Gasteiger charge is 2.09. The molecular formula is C23H19N3. The van der Waals surface area contributed by atoms with Crippen molar-refractivity contribution in [1.29, 1.82) is 0 Å². The number of para-hydroxylation sites is 3. The van der Waals surface area contributed by atoms with Crippen LogP contribution in [0.5, 0.6) is 0 Å². The van der Waals surface area contributed by atoms with Gasteiger partial charge in [0.1, 0.15) is 0 Å². The van der Waals surface area contributed by atoms with Gasteiger partial charge in [0.05, 0.1) is 16.7 Å². The summed E-state index contributed by atoms with van der Waals surface area (Å²) in [6, 6.07) is 25.1. The third-order valence-electron chi connectivity index (χ3n) is 4.96. The maximum absolute atomic E-state index is 4.79. The molecule has 0 saturated heterocycles. The van der Waals surface area contributed by atoms with Gasteiger partial charge in [-0.15, -0.1) is 0 Å². The zero-order chi connectivity index (χ0) is 17.3. The Balaban J connectivity index is 1.50. The van der Waals surface area contributed by atoms with Crippen molar-refractivity contribution >= 4 is 38.4 Å². The molecule has 0 unspecified atom stereocenters. The highest BCUT2D eigenvalue weighted by molar-refractivity contribution is 6.07. The SMILES string of the molecule is c1ccc2c(NCCc3c[nH]c4ccccc34)c3ccccc3nc2c1. The van der Waals surface area contributed by atoms with Crippen LogP contribution in [-0.4, -0.2) is 16.5 Å². The predicted octanol–water partition coefficient (Wildman–Crippen LogP) is 5.52. The van der Waals surface area contributed by atoms with E-state index in [2.05, 4.69) is 77.2 Å². The second-order valence-corrected chi connectivity index (χ2v) is 6.56. The van der Waals surface area contributed by atoms with Crippen LogP contribution in [0.25, 0.3) is 32.7 Å². The quantitative estimate of drug-likeness (QED) is 0.424. The van der Waals surface area contributed by atoms with E-state index in [4.69, 9.17) is 4.98 Å². The Bertz CT molecular complexity index is 1170. The highest BCUT2D eigenvalue weighted by atomic mass is 14.9. The first-order valence-electron chi connectivity index (χ1n) is 8.96. The topological polar surface area (TPSA) is 40.7 Å². The second kappa shape index (κ2) is 6.19. The fraction of sp³-hybridized carbons (Fsp3) is 0.0870. The summed E-state index contributed by atoms with van der Waals surface area (Å²) in [5.74, 6) is 0. The molecule has 2 N–H and O–H groups in total. The molecule has 0 aliphatic carbocycles. The Hall–Kier alpha value is -3.33. The molecule has 126 valence electrons. The van der Waals surface area contributed by atoms with Crippen molar-refractivity contribution in [3.8, 4) is 0 Å². The van der Waals surface area contributed by atoms with Crippen molar-refractivity contribution in [2.75, 3.05) is 11.9 Å². The van der Waals surface area contributed by atoms with Crippen molar-refractivity contribution in [1.82, 2.24) is 9.97 Å². The zero-order valence-electron chi connectivity index (χ0n) is 14.4. The Morgan fingerprint density at radius 3 is 2.08 bits per heavy atom. The van der Waals surface area contributed by atoms with Gasteiger partial charge < -0.3 is 10.3 Å². The van der Waals surface area contributed by atoms with Crippen LogP contribution in [0.4, 0.5) is 5.69 Å². The Morgan fingerprint density at radius 1 is 0.731 bits per heavy atom. The van der Waals surface area contributed by atoms with E-state index in [1.54, 1.807) is 0 Å². The number of aromatic nitrogens is 2. The summed E-state index contributed by atoms with van der Waals surface area (Å²) in [4.78, 5) is 8.15. The minimum Gasteiger partial charge on any atom is -0.384 e. The van der Waals surface area contributed by atoms with E-state index in [1.165, 1.54) is 32.9 Å².